The van der Waals surface area contributed by atoms with Gasteiger partial charge in [-0.1, -0.05) is 30.3 Å². The van der Waals surface area contributed by atoms with Gasteiger partial charge < -0.3 is 14.3 Å². The van der Waals surface area contributed by atoms with Crippen LogP contribution in [0, 0.1) is 6.92 Å². The van der Waals surface area contributed by atoms with Crippen molar-refractivity contribution < 1.29 is 14.3 Å². The van der Waals surface area contributed by atoms with Crippen molar-refractivity contribution in [1.82, 2.24) is 0 Å². The van der Waals surface area contributed by atoms with Crippen LogP contribution >= 0.6 is 0 Å². The van der Waals surface area contributed by atoms with E-state index in [1.807, 2.05) is 37.3 Å². The quantitative estimate of drug-likeness (QED) is 0.748. The molecule has 0 amide bonds. The molecule has 4 nitrogen and oxygen atoms in total. The molecule has 0 aliphatic carbocycles. The smallest absolute Gasteiger partial charge is 0.336 e. The molecule has 1 heterocycles. The number of aryl methyl sites for hydroxylation is 1. The van der Waals surface area contributed by atoms with Crippen LogP contribution in [0.15, 0.2) is 57.7 Å². The predicted octanol–water partition coefficient (Wildman–Crippen LogP) is 3.39. The maximum Gasteiger partial charge on any atom is 0.336 e. The summed E-state index contributed by atoms with van der Waals surface area (Å²) in [5, 5.41) is 10.4. The molecule has 0 aliphatic heterocycles. The first-order chi connectivity index (χ1) is 10.1. The number of hydrogen-bond donors (Lipinski definition) is 1. The van der Waals surface area contributed by atoms with Gasteiger partial charge in [0.25, 0.3) is 0 Å². The van der Waals surface area contributed by atoms with Gasteiger partial charge in [0, 0.05) is 18.2 Å². The lowest BCUT2D eigenvalue weighted by Gasteiger charge is -2.11. The summed E-state index contributed by atoms with van der Waals surface area (Å²) >= 11 is 0. The van der Waals surface area contributed by atoms with Gasteiger partial charge in [-0.2, -0.15) is 0 Å². The Morgan fingerprint density at radius 2 is 1.90 bits per heavy atom. The summed E-state index contributed by atoms with van der Waals surface area (Å²) < 4.78 is 10.9. The third kappa shape index (κ3) is 2.74. The first kappa shape index (κ1) is 13.2. The van der Waals surface area contributed by atoms with Gasteiger partial charge in [-0.05, 0) is 18.1 Å². The van der Waals surface area contributed by atoms with Crippen LogP contribution in [0.25, 0.3) is 11.0 Å². The van der Waals surface area contributed by atoms with Gasteiger partial charge in [-0.3, -0.25) is 0 Å². The zero-order valence-corrected chi connectivity index (χ0v) is 11.5. The van der Waals surface area contributed by atoms with Crippen LogP contribution in [0.1, 0.15) is 11.1 Å². The van der Waals surface area contributed by atoms with E-state index in [1.54, 1.807) is 0 Å². The molecular formula is C17H14O4. The predicted molar refractivity (Wildman–Crippen MR) is 79.7 cm³/mol. The third-order valence-corrected chi connectivity index (χ3v) is 3.23. The molecule has 21 heavy (non-hydrogen) atoms. The van der Waals surface area contributed by atoms with Crippen molar-refractivity contribution in [3.8, 4) is 11.5 Å². The highest BCUT2D eigenvalue weighted by Crippen LogP contribution is 2.32. The Balaban J connectivity index is 2.03. The monoisotopic (exact) mass is 282 g/mol. The average Bonchev–Trinajstić information content (AvgIpc) is 2.44. The molecule has 0 fully saturated rings. The molecular weight excluding hydrogens is 268 g/mol. The van der Waals surface area contributed by atoms with Gasteiger partial charge in [0.1, 0.15) is 23.7 Å². The Morgan fingerprint density at radius 3 is 2.67 bits per heavy atom. The molecule has 0 unspecified atom stereocenters. The Bertz CT molecular complexity index is 835. The lowest BCUT2D eigenvalue weighted by Crippen LogP contribution is -2.01. The average molecular weight is 282 g/mol. The largest absolute Gasteiger partial charge is 0.508 e. The maximum atomic E-state index is 11.4. The molecule has 3 rings (SSSR count). The van der Waals surface area contributed by atoms with Crippen LogP contribution in [-0.2, 0) is 6.61 Å². The zero-order valence-electron chi connectivity index (χ0n) is 11.5. The van der Waals surface area contributed by atoms with E-state index in [2.05, 4.69) is 0 Å². The number of benzene rings is 2. The molecule has 0 atom stereocenters. The molecule has 1 N–H and O–H groups in total. The molecule has 2 aromatic carbocycles. The summed E-state index contributed by atoms with van der Waals surface area (Å²) in [6.45, 7) is 2.18. The Kier molecular flexibility index (Phi) is 3.36. The van der Waals surface area contributed by atoms with E-state index >= 15 is 0 Å². The molecule has 0 saturated carbocycles. The summed E-state index contributed by atoms with van der Waals surface area (Å²) in [6.07, 6.45) is 0. The van der Waals surface area contributed by atoms with Gasteiger partial charge >= 0.3 is 5.63 Å². The van der Waals surface area contributed by atoms with E-state index in [0.29, 0.717) is 23.3 Å². The number of phenolic OH excluding ortho intramolecular Hbond substituents is 1. The van der Waals surface area contributed by atoms with Crippen LogP contribution in [0.4, 0.5) is 0 Å². The standard InChI is InChI=1S/C17H14O4/c1-11-7-16(19)21-15-9-13(18)8-14(17(11)15)20-10-12-5-3-2-4-6-12/h2-9,18H,10H2,1H3. The SMILES string of the molecule is Cc1cc(=O)oc2cc(O)cc(OCc3ccccc3)c12. The lowest BCUT2D eigenvalue weighted by atomic mass is 10.1. The van der Waals surface area contributed by atoms with Gasteiger partial charge in [0.05, 0.1) is 5.39 Å². The second-order valence-electron chi connectivity index (χ2n) is 4.84. The summed E-state index contributed by atoms with van der Waals surface area (Å²) in [5.74, 6) is 0.495. The highest BCUT2D eigenvalue weighted by atomic mass is 16.5. The normalized spacial score (nSPS) is 10.7. The number of hydrogen-bond acceptors (Lipinski definition) is 4. The number of phenols is 1. The minimum Gasteiger partial charge on any atom is -0.508 e. The molecule has 3 aromatic rings. The van der Waals surface area contributed by atoms with Crippen LogP contribution in [0.2, 0.25) is 0 Å². The fourth-order valence-corrected chi connectivity index (χ4v) is 2.28. The summed E-state index contributed by atoms with van der Waals surface area (Å²) in [4.78, 5) is 11.4. The first-order valence-electron chi connectivity index (χ1n) is 6.58. The van der Waals surface area contributed by atoms with Crippen molar-refractivity contribution in [3.63, 3.8) is 0 Å². The molecule has 1 aromatic heterocycles. The molecule has 106 valence electrons. The molecule has 0 bridgehead atoms. The van der Waals surface area contributed by atoms with E-state index in [9.17, 15) is 9.90 Å². The van der Waals surface area contributed by atoms with Gasteiger partial charge in [0.15, 0.2) is 0 Å². The van der Waals surface area contributed by atoms with E-state index < -0.39 is 5.63 Å². The Labute approximate surface area is 121 Å². The third-order valence-electron chi connectivity index (χ3n) is 3.23. The van der Waals surface area contributed by atoms with Crippen molar-refractivity contribution in [3.05, 3.63) is 70.1 Å². The van der Waals surface area contributed by atoms with Gasteiger partial charge in [-0.15, -0.1) is 0 Å². The van der Waals surface area contributed by atoms with Crippen LogP contribution in [-0.4, -0.2) is 5.11 Å². The Hall–Kier alpha value is -2.75. The van der Waals surface area contributed by atoms with Crippen molar-refractivity contribution in [2.75, 3.05) is 0 Å². The van der Waals surface area contributed by atoms with Crippen molar-refractivity contribution in [2.24, 2.45) is 0 Å². The van der Waals surface area contributed by atoms with Crippen molar-refractivity contribution >= 4 is 11.0 Å². The second-order valence-corrected chi connectivity index (χ2v) is 4.84. The fraction of sp³-hybridized carbons (Fsp3) is 0.118. The van der Waals surface area contributed by atoms with Crippen LogP contribution < -0.4 is 10.4 Å². The molecule has 0 spiro atoms. The highest BCUT2D eigenvalue weighted by molar-refractivity contribution is 5.88. The number of rotatable bonds is 3. The van der Waals surface area contributed by atoms with Crippen LogP contribution in [0.3, 0.4) is 0 Å². The van der Waals surface area contributed by atoms with E-state index in [4.69, 9.17) is 9.15 Å². The molecule has 0 saturated heterocycles. The number of ether oxygens (including phenoxy) is 1. The first-order valence-corrected chi connectivity index (χ1v) is 6.58. The van der Waals surface area contributed by atoms with E-state index in [1.165, 1.54) is 18.2 Å². The number of fused-ring (bicyclic) bond motifs is 1. The zero-order chi connectivity index (χ0) is 14.8. The highest BCUT2D eigenvalue weighted by Gasteiger charge is 2.11. The molecule has 0 aliphatic rings. The van der Waals surface area contributed by atoms with E-state index in [-0.39, 0.29) is 5.75 Å². The van der Waals surface area contributed by atoms with Crippen LogP contribution in [0.5, 0.6) is 11.5 Å². The number of aromatic hydroxyl groups is 1. The second kappa shape index (κ2) is 5.32. The van der Waals surface area contributed by atoms with E-state index in [0.717, 1.165) is 11.1 Å². The summed E-state index contributed by atoms with van der Waals surface area (Å²) in [7, 11) is 0. The van der Waals surface area contributed by atoms with Gasteiger partial charge in [-0.25, -0.2) is 4.79 Å². The molecule has 4 heteroatoms. The minimum absolute atomic E-state index is 0.000637. The maximum absolute atomic E-state index is 11.4. The summed E-state index contributed by atoms with van der Waals surface area (Å²) in [6, 6.07) is 14.1. The fourth-order valence-electron chi connectivity index (χ4n) is 2.28. The topological polar surface area (TPSA) is 59.7 Å². The Morgan fingerprint density at radius 1 is 1.14 bits per heavy atom. The van der Waals surface area contributed by atoms with Gasteiger partial charge in [0.2, 0.25) is 0 Å². The van der Waals surface area contributed by atoms with Crippen molar-refractivity contribution in [1.29, 1.82) is 0 Å². The minimum atomic E-state index is -0.445. The summed E-state index contributed by atoms with van der Waals surface area (Å²) in [5.41, 5.74) is 1.65. The van der Waals surface area contributed by atoms with Crippen molar-refractivity contribution in [2.45, 2.75) is 13.5 Å². The molecule has 0 radical (unpaired) electrons. The lowest BCUT2D eigenvalue weighted by molar-refractivity contribution is 0.307.